The number of halogens is 2. The van der Waals surface area contributed by atoms with Crippen LogP contribution in [0, 0.1) is 27.7 Å². The van der Waals surface area contributed by atoms with Crippen molar-refractivity contribution in [3.8, 4) is 0 Å². The number of ether oxygens (including phenoxy) is 1. The quantitative estimate of drug-likeness (QED) is 0.585. The second kappa shape index (κ2) is 7.08. The summed E-state index contributed by atoms with van der Waals surface area (Å²) < 4.78 is 8.27. The molecule has 0 N–H and O–H groups in total. The molecule has 0 amide bonds. The first-order valence-corrected chi connectivity index (χ1v) is 8.57. The molecule has 0 saturated heterocycles. The van der Waals surface area contributed by atoms with Crippen molar-refractivity contribution in [2.45, 2.75) is 40.9 Å². The highest BCUT2D eigenvalue weighted by Gasteiger charge is 2.07. The zero-order chi connectivity index (χ0) is 15.6. The standard InChI is InChI=1S/C18H20Br2O/c1-11-5-7-15(13(3)17(11)19)9-21-10-16-8-6-12(2)18(20)14(16)4/h5-8H,9-10H2,1-4H3. The van der Waals surface area contributed by atoms with E-state index >= 15 is 0 Å². The van der Waals surface area contributed by atoms with Crippen LogP contribution >= 0.6 is 31.9 Å². The summed E-state index contributed by atoms with van der Waals surface area (Å²) in [6.07, 6.45) is 0. The first-order valence-electron chi connectivity index (χ1n) is 6.98. The van der Waals surface area contributed by atoms with Crippen LogP contribution in [0.4, 0.5) is 0 Å². The van der Waals surface area contributed by atoms with E-state index in [4.69, 9.17) is 4.74 Å². The van der Waals surface area contributed by atoms with Crippen LogP contribution in [0.2, 0.25) is 0 Å². The Morgan fingerprint density at radius 1 is 0.714 bits per heavy atom. The minimum atomic E-state index is 0.635. The topological polar surface area (TPSA) is 9.23 Å². The van der Waals surface area contributed by atoms with Crippen molar-refractivity contribution in [2.24, 2.45) is 0 Å². The first-order chi connectivity index (χ1) is 9.91. The van der Waals surface area contributed by atoms with Crippen molar-refractivity contribution in [2.75, 3.05) is 0 Å². The molecule has 0 aliphatic carbocycles. The molecule has 0 saturated carbocycles. The highest BCUT2D eigenvalue weighted by Crippen LogP contribution is 2.26. The number of hydrogen-bond donors (Lipinski definition) is 0. The molecule has 0 aliphatic heterocycles. The molecule has 112 valence electrons. The zero-order valence-electron chi connectivity index (χ0n) is 12.9. The van der Waals surface area contributed by atoms with Gasteiger partial charge in [0, 0.05) is 8.95 Å². The highest BCUT2D eigenvalue weighted by atomic mass is 79.9. The largest absolute Gasteiger partial charge is 0.372 e. The molecule has 0 heterocycles. The average molecular weight is 412 g/mol. The normalized spacial score (nSPS) is 11.0. The van der Waals surface area contributed by atoms with E-state index in [0.29, 0.717) is 13.2 Å². The number of aryl methyl sites for hydroxylation is 2. The van der Waals surface area contributed by atoms with Gasteiger partial charge in [0.25, 0.3) is 0 Å². The van der Waals surface area contributed by atoms with Gasteiger partial charge in [-0.3, -0.25) is 0 Å². The summed E-state index contributed by atoms with van der Waals surface area (Å²) in [5.74, 6) is 0. The van der Waals surface area contributed by atoms with Crippen LogP contribution in [0.25, 0.3) is 0 Å². The SMILES string of the molecule is Cc1ccc(COCc2ccc(C)c(Br)c2C)c(C)c1Br. The van der Waals surface area contributed by atoms with Gasteiger partial charge >= 0.3 is 0 Å². The summed E-state index contributed by atoms with van der Waals surface area (Å²) in [4.78, 5) is 0. The predicted molar refractivity (Wildman–Crippen MR) is 95.7 cm³/mol. The number of hydrogen-bond acceptors (Lipinski definition) is 1. The molecule has 0 spiro atoms. The van der Waals surface area contributed by atoms with Gasteiger partial charge in [0.2, 0.25) is 0 Å². The molecule has 0 aromatic heterocycles. The molecule has 0 atom stereocenters. The summed E-state index contributed by atoms with van der Waals surface area (Å²) >= 11 is 7.27. The average Bonchev–Trinajstić information content (AvgIpc) is 2.47. The van der Waals surface area contributed by atoms with Gasteiger partial charge in [0.15, 0.2) is 0 Å². The lowest BCUT2D eigenvalue weighted by atomic mass is 10.1. The number of benzene rings is 2. The molecule has 0 fully saturated rings. The van der Waals surface area contributed by atoms with E-state index in [-0.39, 0.29) is 0 Å². The van der Waals surface area contributed by atoms with Gasteiger partial charge in [-0.05, 0) is 61.1 Å². The summed E-state index contributed by atoms with van der Waals surface area (Å²) in [5.41, 5.74) is 7.50. The molecular weight excluding hydrogens is 392 g/mol. The predicted octanol–water partition coefficient (Wildman–Crippen LogP) is 6.16. The van der Waals surface area contributed by atoms with Crippen molar-refractivity contribution >= 4 is 31.9 Å². The fourth-order valence-corrected chi connectivity index (χ4v) is 3.08. The maximum atomic E-state index is 5.92. The minimum absolute atomic E-state index is 0.635. The van der Waals surface area contributed by atoms with E-state index in [0.717, 1.165) is 0 Å². The van der Waals surface area contributed by atoms with E-state index < -0.39 is 0 Å². The summed E-state index contributed by atoms with van der Waals surface area (Å²) in [6.45, 7) is 9.74. The Bertz CT molecular complexity index is 605. The first kappa shape index (κ1) is 16.7. The van der Waals surface area contributed by atoms with Crippen molar-refractivity contribution in [3.63, 3.8) is 0 Å². The van der Waals surface area contributed by atoms with Crippen LogP contribution in [0.3, 0.4) is 0 Å². The van der Waals surface area contributed by atoms with Gasteiger partial charge in [-0.25, -0.2) is 0 Å². The Morgan fingerprint density at radius 2 is 1.10 bits per heavy atom. The molecule has 0 radical (unpaired) electrons. The molecule has 21 heavy (non-hydrogen) atoms. The zero-order valence-corrected chi connectivity index (χ0v) is 16.1. The van der Waals surface area contributed by atoms with Crippen molar-refractivity contribution in [1.29, 1.82) is 0 Å². The second-order valence-corrected chi connectivity index (χ2v) is 7.04. The Morgan fingerprint density at radius 3 is 1.48 bits per heavy atom. The Hall–Kier alpha value is -0.640. The molecule has 2 aromatic carbocycles. The van der Waals surface area contributed by atoms with Gasteiger partial charge in [-0.1, -0.05) is 56.1 Å². The van der Waals surface area contributed by atoms with Gasteiger partial charge in [0.1, 0.15) is 0 Å². The summed E-state index contributed by atoms with van der Waals surface area (Å²) in [6, 6.07) is 8.55. The van der Waals surface area contributed by atoms with Crippen LogP contribution in [-0.2, 0) is 18.0 Å². The molecule has 0 aliphatic rings. The Kier molecular flexibility index (Phi) is 5.64. The molecule has 3 heteroatoms. The van der Waals surface area contributed by atoms with E-state index in [2.05, 4.69) is 83.8 Å². The second-order valence-electron chi connectivity index (χ2n) is 5.45. The summed E-state index contributed by atoms with van der Waals surface area (Å²) in [5, 5.41) is 0. The summed E-state index contributed by atoms with van der Waals surface area (Å²) in [7, 11) is 0. The smallest absolute Gasteiger partial charge is 0.0724 e. The lowest BCUT2D eigenvalue weighted by molar-refractivity contribution is 0.106. The van der Waals surface area contributed by atoms with Crippen molar-refractivity contribution in [3.05, 3.63) is 66.6 Å². The maximum Gasteiger partial charge on any atom is 0.0724 e. The van der Waals surface area contributed by atoms with E-state index in [1.807, 2.05) is 0 Å². The van der Waals surface area contributed by atoms with Crippen LogP contribution < -0.4 is 0 Å². The van der Waals surface area contributed by atoms with Crippen molar-refractivity contribution in [1.82, 2.24) is 0 Å². The van der Waals surface area contributed by atoms with Crippen molar-refractivity contribution < 1.29 is 4.74 Å². The molecule has 0 bridgehead atoms. The third-order valence-corrected chi connectivity index (χ3v) is 6.34. The fraction of sp³-hybridized carbons (Fsp3) is 0.333. The van der Waals surface area contributed by atoms with E-state index in [1.165, 1.54) is 42.3 Å². The lowest BCUT2D eigenvalue weighted by Crippen LogP contribution is -2.00. The minimum Gasteiger partial charge on any atom is -0.372 e. The molecule has 1 nitrogen and oxygen atoms in total. The van der Waals surface area contributed by atoms with Gasteiger partial charge < -0.3 is 4.74 Å². The Balaban J connectivity index is 2.06. The lowest BCUT2D eigenvalue weighted by Gasteiger charge is -2.13. The molecule has 2 rings (SSSR count). The third kappa shape index (κ3) is 3.77. The van der Waals surface area contributed by atoms with Gasteiger partial charge in [-0.2, -0.15) is 0 Å². The van der Waals surface area contributed by atoms with Crippen LogP contribution in [0.15, 0.2) is 33.2 Å². The number of rotatable bonds is 4. The molecule has 0 unspecified atom stereocenters. The van der Waals surface area contributed by atoms with Crippen LogP contribution in [-0.4, -0.2) is 0 Å². The molecular formula is C18H20Br2O. The highest BCUT2D eigenvalue weighted by molar-refractivity contribution is 9.10. The monoisotopic (exact) mass is 410 g/mol. The maximum absolute atomic E-state index is 5.92. The van der Waals surface area contributed by atoms with Gasteiger partial charge in [-0.15, -0.1) is 0 Å². The fourth-order valence-electron chi connectivity index (χ4n) is 2.30. The van der Waals surface area contributed by atoms with E-state index in [9.17, 15) is 0 Å². The Labute approximate surface area is 144 Å². The van der Waals surface area contributed by atoms with Gasteiger partial charge in [0.05, 0.1) is 13.2 Å². The van der Waals surface area contributed by atoms with Crippen LogP contribution in [0.5, 0.6) is 0 Å². The van der Waals surface area contributed by atoms with Crippen LogP contribution in [0.1, 0.15) is 33.4 Å². The molecule has 2 aromatic rings. The van der Waals surface area contributed by atoms with E-state index in [1.54, 1.807) is 0 Å². The third-order valence-electron chi connectivity index (χ3n) is 3.90.